The molecule has 9 heteroatoms. The molecule has 3 heterocycles. The van der Waals surface area contributed by atoms with E-state index in [1.54, 1.807) is 23.5 Å². The molecule has 1 aliphatic heterocycles. The fraction of sp³-hybridized carbons (Fsp3) is 0.522. The second kappa shape index (κ2) is 9.05. The van der Waals surface area contributed by atoms with Gasteiger partial charge >= 0.3 is 5.97 Å². The molecule has 0 bridgehead atoms. The molecule has 0 unspecified atom stereocenters. The minimum absolute atomic E-state index is 0.0279. The van der Waals surface area contributed by atoms with Gasteiger partial charge in [0, 0.05) is 24.7 Å². The monoisotopic (exact) mass is 457 g/mol. The molecular formula is C23H28FN5O2S. The van der Waals surface area contributed by atoms with Crippen molar-refractivity contribution < 1.29 is 13.9 Å². The van der Waals surface area contributed by atoms with Crippen LogP contribution < -0.4 is 10.2 Å². The van der Waals surface area contributed by atoms with Gasteiger partial charge in [0.25, 0.3) is 0 Å². The van der Waals surface area contributed by atoms with Crippen molar-refractivity contribution in [3.8, 4) is 11.3 Å². The van der Waals surface area contributed by atoms with Gasteiger partial charge in [0.1, 0.15) is 11.5 Å². The average Bonchev–Trinajstić information content (AvgIpc) is 3.53. The van der Waals surface area contributed by atoms with E-state index in [0.29, 0.717) is 12.6 Å². The molecule has 0 spiro atoms. The van der Waals surface area contributed by atoms with Crippen molar-refractivity contribution in [2.75, 3.05) is 29.9 Å². The summed E-state index contributed by atoms with van der Waals surface area (Å²) in [7, 11) is 0. The van der Waals surface area contributed by atoms with Crippen LogP contribution in [-0.4, -0.2) is 46.3 Å². The summed E-state index contributed by atoms with van der Waals surface area (Å²) >= 11 is 1.55. The van der Waals surface area contributed by atoms with E-state index >= 15 is 0 Å². The molecule has 1 N–H and O–H groups in total. The first-order valence-electron chi connectivity index (χ1n) is 11.5. The number of hydrogen-bond donors (Lipinski definition) is 1. The Morgan fingerprint density at radius 2 is 1.91 bits per heavy atom. The number of aromatic nitrogens is 3. The van der Waals surface area contributed by atoms with Crippen LogP contribution in [0.3, 0.4) is 0 Å². The number of benzene rings is 1. The maximum atomic E-state index is 13.5. The zero-order valence-electron chi connectivity index (χ0n) is 18.2. The van der Waals surface area contributed by atoms with Crippen molar-refractivity contribution >= 4 is 33.2 Å². The van der Waals surface area contributed by atoms with Crippen LogP contribution in [0.25, 0.3) is 16.2 Å². The van der Waals surface area contributed by atoms with Gasteiger partial charge in [0.2, 0.25) is 10.1 Å². The lowest BCUT2D eigenvalue weighted by Gasteiger charge is -2.30. The van der Waals surface area contributed by atoms with Crippen LogP contribution in [0.2, 0.25) is 0 Å². The van der Waals surface area contributed by atoms with Crippen LogP contribution in [0.15, 0.2) is 24.3 Å². The van der Waals surface area contributed by atoms with Crippen molar-refractivity contribution in [1.29, 1.82) is 0 Å². The van der Waals surface area contributed by atoms with E-state index in [2.05, 4.69) is 10.2 Å². The van der Waals surface area contributed by atoms with Crippen LogP contribution in [0.5, 0.6) is 0 Å². The highest BCUT2D eigenvalue weighted by Gasteiger charge is 2.29. The molecule has 1 saturated heterocycles. The molecule has 1 aliphatic carbocycles. The number of ether oxygens (including phenoxy) is 1. The molecule has 2 fully saturated rings. The molecule has 0 amide bonds. The minimum Gasteiger partial charge on any atom is -0.466 e. The Hall–Kier alpha value is -2.68. The standard InChI is InChI=1S/C23H28FN5O2S/c1-2-31-21(30)16-11-13-28(14-12-16)23-27-29-20(25-18-5-3-4-6-18)19(26-22(29)32-23)15-7-9-17(24)10-8-15/h7-10,16,18,25H,2-6,11-14H2,1H3. The molecule has 0 atom stereocenters. The fourth-order valence-electron chi connectivity index (χ4n) is 4.63. The summed E-state index contributed by atoms with van der Waals surface area (Å²) in [6.07, 6.45) is 6.26. The summed E-state index contributed by atoms with van der Waals surface area (Å²) in [4.78, 5) is 20.0. The van der Waals surface area contributed by atoms with Crippen molar-refractivity contribution in [2.45, 2.75) is 51.5 Å². The van der Waals surface area contributed by atoms with Gasteiger partial charge in [0.05, 0.1) is 12.5 Å². The van der Waals surface area contributed by atoms with Gasteiger partial charge in [-0.25, -0.2) is 9.37 Å². The number of piperidine rings is 1. The molecule has 1 saturated carbocycles. The molecule has 3 aromatic rings. The Kier molecular flexibility index (Phi) is 5.99. The average molecular weight is 458 g/mol. The van der Waals surface area contributed by atoms with Crippen LogP contribution in [0, 0.1) is 11.7 Å². The second-order valence-electron chi connectivity index (χ2n) is 8.53. The van der Waals surface area contributed by atoms with Gasteiger partial charge in [-0.05, 0) is 56.9 Å². The highest BCUT2D eigenvalue weighted by Crippen LogP contribution is 2.36. The van der Waals surface area contributed by atoms with Crippen LogP contribution in [0.1, 0.15) is 45.4 Å². The summed E-state index contributed by atoms with van der Waals surface area (Å²) in [6.45, 7) is 3.82. The van der Waals surface area contributed by atoms with Gasteiger partial charge in [-0.1, -0.05) is 24.2 Å². The number of nitrogens with one attached hydrogen (secondary N) is 1. The molecule has 7 nitrogen and oxygen atoms in total. The van der Waals surface area contributed by atoms with E-state index in [1.807, 2.05) is 11.4 Å². The molecule has 0 radical (unpaired) electrons. The number of imidazole rings is 1. The number of anilines is 2. The van der Waals surface area contributed by atoms with Crippen LogP contribution >= 0.6 is 11.3 Å². The predicted octanol–water partition coefficient (Wildman–Crippen LogP) is 4.73. The van der Waals surface area contributed by atoms with Crippen LogP contribution in [0.4, 0.5) is 15.3 Å². The molecule has 5 rings (SSSR count). The van der Waals surface area contributed by atoms with Crippen molar-refractivity contribution in [1.82, 2.24) is 14.6 Å². The number of nitrogens with zero attached hydrogens (tertiary/aromatic N) is 4. The van der Waals surface area contributed by atoms with Crippen molar-refractivity contribution in [3.05, 3.63) is 30.1 Å². The number of hydrogen-bond acceptors (Lipinski definition) is 7. The molecule has 2 aromatic heterocycles. The third-order valence-electron chi connectivity index (χ3n) is 6.39. The quantitative estimate of drug-likeness (QED) is 0.540. The van der Waals surface area contributed by atoms with Gasteiger partial charge in [-0.3, -0.25) is 4.79 Å². The number of carbonyl (C=O) groups excluding carboxylic acids is 1. The summed E-state index contributed by atoms with van der Waals surface area (Å²) < 4.78 is 20.5. The zero-order chi connectivity index (χ0) is 22.1. The molecular weight excluding hydrogens is 429 g/mol. The van der Waals surface area contributed by atoms with E-state index in [1.165, 1.54) is 25.0 Å². The first-order chi connectivity index (χ1) is 15.6. The third kappa shape index (κ3) is 4.18. The Morgan fingerprint density at radius 3 is 2.59 bits per heavy atom. The number of esters is 1. The Morgan fingerprint density at radius 1 is 1.19 bits per heavy atom. The molecule has 32 heavy (non-hydrogen) atoms. The fourth-order valence-corrected chi connectivity index (χ4v) is 5.59. The van der Waals surface area contributed by atoms with Gasteiger partial charge < -0.3 is 15.0 Å². The van der Waals surface area contributed by atoms with E-state index in [9.17, 15) is 9.18 Å². The maximum absolute atomic E-state index is 13.5. The largest absolute Gasteiger partial charge is 0.466 e. The van der Waals surface area contributed by atoms with E-state index < -0.39 is 0 Å². The highest BCUT2D eigenvalue weighted by atomic mass is 32.1. The molecule has 170 valence electrons. The highest BCUT2D eigenvalue weighted by molar-refractivity contribution is 7.20. The lowest BCUT2D eigenvalue weighted by atomic mass is 9.97. The maximum Gasteiger partial charge on any atom is 0.309 e. The Labute approximate surface area is 190 Å². The van der Waals surface area contributed by atoms with Crippen LogP contribution in [-0.2, 0) is 9.53 Å². The summed E-state index contributed by atoms with van der Waals surface area (Å²) in [5.74, 6) is 0.502. The minimum atomic E-state index is -0.258. The normalized spacial score (nSPS) is 17.9. The summed E-state index contributed by atoms with van der Waals surface area (Å²) in [5.41, 5.74) is 1.68. The third-order valence-corrected chi connectivity index (χ3v) is 7.36. The predicted molar refractivity (Wildman–Crippen MR) is 124 cm³/mol. The first-order valence-corrected chi connectivity index (χ1v) is 12.3. The lowest BCUT2D eigenvalue weighted by Crippen LogP contribution is -2.37. The topological polar surface area (TPSA) is 71.8 Å². The number of halogens is 1. The van der Waals surface area contributed by atoms with E-state index in [0.717, 1.165) is 65.9 Å². The van der Waals surface area contributed by atoms with Gasteiger partial charge in [-0.2, -0.15) is 4.52 Å². The van der Waals surface area contributed by atoms with E-state index in [-0.39, 0.29) is 17.7 Å². The van der Waals surface area contributed by atoms with Crippen molar-refractivity contribution in [2.24, 2.45) is 5.92 Å². The van der Waals surface area contributed by atoms with Gasteiger partial charge in [0.15, 0.2) is 5.82 Å². The number of rotatable bonds is 6. The number of fused-ring (bicyclic) bond motifs is 1. The smallest absolute Gasteiger partial charge is 0.309 e. The first kappa shape index (κ1) is 21.2. The second-order valence-corrected chi connectivity index (χ2v) is 9.47. The van der Waals surface area contributed by atoms with Crippen molar-refractivity contribution in [3.63, 3.8) is 0 Å². The molecule has 1 aromatic carbocycles. The van der Waals surface area contributed by atoms with Gasteiger partial charge in [-0.15, -0.1) is 5.10 Å². The summed E-state index contributed by atoms with van der Waals surface area (Å²) in [6, 6.07) is 6.87. The lowest BCUT2D eigenvalue weighted by molar-refractivity contribution is -0.148. The SMILES string of the molecule is CCOC(=O)C1CCN(c2nn3c(NC4CCCC4)c(-c4ccc(F)cc4)nc3s2)CC1. The molecule has 2 aliphatic rings. The Bertz CT molecular complexity index is 1080. The van der Waals surface area contributed by atoms with E-state index in [4.69, 9.17) is 14.8 Å². The Balaban J connectivity index is 1.41. The zero-order valence-corrected chi connectivity index (χ0v) is 19.0. The number of carbonyl (C=O) groups is 1. The summed E-state index contributed by atoms with van der Waals surface area (Å²) in [5, 5.41) is 9.48.